The Balaban J connectivity index is 1.44. The molecule has 35 heavy (non-hydrogen) atoms. The van der Waals surface area contributed by atoms with E-state index in [9.17, 15) is 9.59 Å². The molecule has 0 aliphatic carbocycles. The maximum Gasteiger partial charge on any atom is 0.233 e. The van der Waals surface area contributed by atoms with E-state index in [-0.39, 0.29) is 29.0 Å². The summed E-state index contributed by atoms with van der Waals surface area (Å²) >= 11 is 1.36. The Morgan fingerprint density at radius 2 is 1.83 bits per heavy atom. The molecule has 9 heteroatoms. The van der Waals surface area contributed by atoms with Crippen LogP contribution < -0.4 is 0 Å². The monoisotopic (exact) mass is 495 g/mol. The zero-order valence-electron chi connectivity index (χ0n) is 21.0. The SMILES string of the molecule is Cc1ccc(-n2c(SCC(=O)N3CCN(C(=O)CC(C)(C)C)C(C)C3)nnc2-c2ccco2)cc1. The molecule has 0 saturated carbocycles. The molecule has 0 bridgehead atoms. The van der Waals surface area contributed by atoms with E-state index in [0.29, 0.717) is 42.8 Å². The molecule has 1 aliphatic heterocycles. The van der Waals surface area contributed by atoms with Gasteiger partial charge >= 0.3 is 0 Å². The van der Waals surface area contributed by atoms with Crippen molar-refractivity contribution in [2.75, 3.05) is 25.4 Å². The molecular formula is C26H33N5O3S. The second-order valence-corrected chi connectivity index (χ2v) is 11.2. The van der Waals surface area contributed by atoms with Crippen LogP contribution in [0.1, 0.15) is 39.7 Å². The minimum Gasteiger partial charge on any atom is -0.461 e. The third kappa shape index (κ3) is 5.96. The van der Waals surface area contributed by atoms with Gasteiger partial charge in [0.1, 0.15) is 0 Å². The summed E-state index contributed by atoms with van der Waals surface area (Å²) in [6, 6.07) is 11.7. The first-order valence-electron chi connectivity index (χ1n) is 11.9. The summed E-state index contributed by atoms with van der Waals surface area (Å²) in [6.07, 6.45) is 2.11. The molecule has 4 rings (SSSR count). The molecule has 0 spiro atoms. The van der Waals surface area contributed by atoms with Crippen molar-refractivity contribution < 1.29 is 14.0 Å². The number of aryl methyl sites for hydroxylation is 1. The van der Waals surface area contributed by atoms with Gasteiger partial charge < -0.3 is 14.2 Å². The van der Waals surface area contributed by atoms with E-state index in [4.69, 9.17) is 4.42 Å². The molecule has 1 aliphatic rings. The highest BCUT2D eigenvalue weighted by atomic mass is 32.2. The number of carbonyl (C=O) groups excluding carboxylic acids is 2. The van der Waals surface area contributed by atoms with E-state index in [1.807, 2.05) is 64.6 Å². The van der Waals surface area contributed by atoms with E-state index in [1.54, 1.807) is 6.26 Å². The number of nitrogens with zero attached hydrogens (tertiary/aromatic N) is 5. The molecular weight excluding hydrogens is 462 g/mol. The Bertz CT molecular complexity index is 1160. The molecule has 186 valence electrons. The van der Waals surface area contributed by atoms with Crippen LogP contribution in [0.15, 0.2) is 52.2 Å². The van der Waals surface area contributed by atoms with Gasteiger partial charge in [0.15, 0.2) is 10.9 Å². The lowest BCUT2D eigenvalue weighted by Crippen LogP contribution is -2.56. The van der Waals surface area contributed by atoms with Gasteiger partial charge in [-0.2, -0.15) is 0 Å². The van der Waals surface area contributed by atoms with Crippen LogP contribution >= 0.6 is 11.8 Å². The molecule has 1 atom stereocenters. The number of thioether (sulfide) groups is 1. The van der Waals surface area contributed by atoms with Crippen LogP contribution in [0.4, 0.5) is 0 Å². The van der Waals surface area contributed by atoms with E-state index >= 15 is 0 Å². The standard InChI is InChI=1S/C26H33N5O3S/c1-18-8-10-20(11-9-18)31-24(21-7-6-14-34-21)27-28-25(31)35-17-23(33)29-12-13-30(19(2)16-29)22(32)15-26(3,4)5/h6-11,14,19H,12-13,15-17H2,1-5H3. The topological polar surface area (TPSA) is 84.5 Å². The Morgan fingerprint density at radius 1 is 1.09 bits per heavy atom. The van der Waals surface area contributed by atoms with Crippen molar-refractivity contribution in [1.29, 1.82) is 0 Å². The maximum absolute atomic E-state index is 13.1. The van der Waals surface area contributed by atoms with Crippen molar-refractivity contribution in [3.8, 4) is 17.3 Å². The molecule has 3 aromatic rings. The highest BCUT2D eigenvalue weighted by Crippen LogP contribution is 2.29. The largest absolute Gasteiger partial charge is 0.461 e. The number of amides is 2. The minimum absolute atomic E-state index is 0.00526. The number of hydrogen-bond donors (Lipinski definition) is 0. The van der Waals surface area contributed by atoms with Crippen LogP contribution in [0.2, 0.25) is 0 Å². The zero-order chi connectivity index (χ0) is 25.2. The zero-order valence-corrected chi connectivity index (χ0v) is 21.8. The maximum atomic E-state index is 13.1. The summed E-state index contributed by atoms with van der Waals surface area (Å²) in [4.78, 5) is 29.5. The van der Waals surface area contributed by atoms with Crippen LogP contribution in [0.3, 0.4) is 0 Å². The van der Waals surface area contributed by atoms with Crippen LogP contribution in [0.25, 0.3) is 17.3 Å². The third-order valence-corrected chi connectivity index (χ3v) is 6.89. The van der Waals surface area contributed by atoms with Crippen molar-refractivity contribution in [3.05, 3.63) is 48.2 Å². The quantitative estimate of drug-likeness (QED) is 0.471. The summed E-state index contributed by atoms with van der Waals surface area (Å²) in [5.41, 5.74) is 2.00. The number of furan rings is 1. The number of rotatable bonds is 6. The van der Waals surface area contributed by atoms with Crippen molar-refractivity contribution in [2.45, 2.75) is 52.2 Å². The van der Waals surface area contributed by atoms with Crippen molar-refractivity contribution in [2.24, 2.45) is 5.41 Å². The molecule has 2 aromatic heterocycles. The number of hydrogen-bond acceptors (Lipinski definition) is 6. The average molecular weight is 496 g/mol. The highest BCUT2D eigenvalue weighted by Gasteiger charge is 2.31. The average Bonchev–Trinajstić information content (AvgIpc) is 3.46. The molecule has 0 radical (unpaired) electrons. The van der Waals surface area contributed by atoms with Crippen molar-refractivity contribution in [1.82, 2.24) is 24.6 Å². The fourth-order valence-electron chi connectivity index (χ4n) is 4.18. The van der Waals surface area contributed by atoms with E-state index in [0.717, 1.165) is 11.3 Å². The lowest BCUT2D eigenvalue weighted by molar-refractivity contribution is -0.142. The predicted molar refractivity (Wildman–Crippen MR) is 136 cm³/mol. The predicted octanol–water partition coefficient (Wildman–Crippen LogP) is 4.42. The number of benzene rings is 1. The number of aromatic nitrogens is 3. The summed E-state index contributed by atoms with van der Waals surface area (Å²) in [5, 5.41) is 9.34. The number of piperazine rings is 1. The number of carbonyl (C=O) groups is 2. The Labute approximate surface area is 210 Å². The fourth-order valence-corrected chi connectivity index (χ4v) is 5.04. The van der Waals surface area contributed by atoms with Crippen LogP contribution in [0.5, 0.6) is 0 Å². The van der Waals surface area contributed by atoms with Crippen molar-refractivity contribution >= 4 is 23.6 Å². The molecule has 0 N–H and O–H groups in total. The molecule has 3 heterocycles. The Hall–Kier alpha value is -3.07. The lowest BCUT2D eigenvalue weighted by atomic mass is 9.91. The van der Waals surface area contributed by atoms with Crippen LogP contribution in [-0.2, 0) is 9.59 Å². The molecule has 1 saturated heterocycles. The highest BCUT2D eigenvalue weighted by molar-refractivity contribution is 7.99. The molecule has 2 amide bonds. The fraction of sp³-hybridized carbons (Fsp3) is 0.462. The normalized spacial score (nSPS) is 16.5. The van der Waals surface area contributed by atoms with Crippen LogP contribution in [-0.4, -0.2) is 67.8 Å². The van der Waals surface area contributed by atoms with Gasteiger partial charge in [0, 0.05) is 37.8 Å². The summed E-state index contributed by atoms with van der Waals surface area (Å²) < 4.78 is 7.49. The molecule has 1 aromatic carbocycles. The van der Waals surface area contributed by atoms with E-state index in [1.165, 1.54) is 11.8 Å². The second-order valence-electron chi connectivity index (χ2n) is 10.3. The second kappa shape index (κ2) is 10.3. The Morgan fingerprint density at radius 3 is 2.46 bits per heavy atom. The van der Waals surface area contributed by atoms with E-state index < -0.39 is 0 Å². The summed E-state index contributed by atoms with van der Waals surface area (Å²) in [6.45, 7) is 11.9. The van der Waals surface area contributed by atoms with Gasteiger partial charge in [-0.15, -0.1) is 10.2 Å². The third-order valence-electron chi connectivity index (χ3n) is 5.97. The van der Waals surface area contributed by atoms with Gasteiger partial charge in [-0.05, 0) is 43.5 Å². The molecule has 1 fully saturated rings. The molecule has 8 nitrogen and oxygen atoms in total. The van der Waals surface area contributed by atoms with Crippen LogP contribution in [0, 0.1) is 12.3 Å². The van der Waals surface area contributed by atoms with Gasteiger partial charge in [0.25, 0.3) is 0 Å². The first-order valence-corrected chi connectivity index (χ1v) is 12.9. The van der Waals surface area contributed by atoms with Gasteiger partial charge in [-0.25, -0.2) is 0 Å². The van der Waals surface area contributed by atoms with Gasteiger partial charge in [-0.3, -0.25) is 14.2 Å². The summed E-state index contributed by atoms with van der Waals surface area (Å²) in [5.74, 6) is 1.63. The lowest BCUT2D eigenvalue weighted by Gasteiger charge is -2.40. The minimum atomic E-state index is -0.0533. The summed E-state index contributed by atoms with van der Waals surface area (Å²) in [7, 11) is 0. The first-order chi connectivity index (χ1) is 16.6. The smallest absolute Gasteiger partial charge is 0.233 e. The van der Waals surface area contributed by atoms with Gasteiger partial charge in [0.05, 0.1) is 12.0 Å². The molecule has 1 unspecified atom stereocenters. The van der Waals surface area contributed by atoms with Gasteiger partial charge in [-0.1, -0.05) is 50.2 Å². The van der Waals surface area contributed by atoms with Gasteiger partial charge in [0.2, 0.25) is 17.6 Å². The van der Waals surface area contributed by atoms with Crippen molar-refractivity contribution in [3.63, 3.8) is 0 Å². The van der Waals surface area contributed by atoms with E-state index in [2.05, 4.69) is 31.0 Å². The Kier molecular flexibility index (Phi) is 7.35. The first kappa shape index (κ1) is 25.0.